The maximum atomic E-state index is 13.8. The van der Waals surface area contributed by atoms with Crippen LogP contribution in [0.4, 0.5) is 10.1 Å². The van der Waals surface area contributed by atoms with E-state index in [1.54, 1.807) is 30.3 Å². The summed E-state index contributed by atoms with van der Waals surface area (Å²) in [4.78, 5) is 12.0. The Morgan fingerprint density at radius 2 is 2.00 bits per heavy atom. The van der Waals surface area contributed by atoms with Gasteiger partial charge in [0.2, 0.25) is 0 Å². The Kier molecular flexibility index (Phi) is 4.16. The van der Waals surface area contributed by atoms with Crippen molar-refractivity contribution in [3.8, 4) is 5.75 Å². The van der Waals surface area contributed by atoms with Gasteiger partial charge in [-0.1, -0.05) is 12.1 Å². The summed E-state index contributed by atoms with van der Waals surface area (Å²) in [5, 5.41) is 2.62. The molecule has 0 fully saturated rings. The second-order valence-corrected chi connectivity index (χ2v) is 4.64. The molecule has 3 nitrogen and oxygen atoms in total. The molecule has 0 atom stereocenters. The SMILES string of the molecule is COc1cccc(NC(=O)c2cccc(Br)c2F)c1. The van der Waals surface area contributed by atoms with Crippen molar-refractivity contribution in [2.24, 2.45) is 0 Å². The number of methoxy groups -OCH3 is 1. The predicted molar refractivity (Wildman–Crippen MR) is 75.0 cm³/mol. The fourth-order valence-corrected chi connectivity index (χ4v) is 1.94. The van der Waals surface area contributed by atoms with Crippen molar-refractivity contribution in [1.82, 2.24) is 0 Å². The molecule has 0 saturated heterocycles. The number of amides is 1. The highest BCUT2D eigenvalue weighted by Crippen LogP contribution is 2.21. The molecule has 0 aromatic heterocycles. The van der Waals surface area contributed by atoms with Crippen molar-refractivity contribution in [3.05, 3.63) is 58.3 Å². The van der Waals surface area contributed by atoms with Crippen molar-refractivity contribution >= 4 is 27.5 Å². The van der Waals surface area contributed by atoms with Gasteiger partial charge in [-0.2, -0.15) is 0 Å². The lowest BCUT2D eigenvalue weighted by Gasteiger charge is -2.08. The average Bonchev–Trinajstić information content (AvgIpc) is 2.42. The minimum atomic E-state index is -0.581. The normalized spacial score (nSPS) is 10.1. The molecule has 0 bridgehead atoms. The summed E-state index contributed by atoms with van der Waals surface area (Å²) in [6, 6.07) is 11.4. The van der Waals surface area contributed by atoms with E-state index in [-0.39, 0.29) is 10.0 Å². The number of carbonyl (C=O) groups excluding carboxylic acids is 1. The minimum Gasteiger partial charge on any atom is -0.497 e. The van der Waals surface area contributed by atoms with E-state index in [0.717, 1.165) is 0 Å². The highest BCUT2D eigenvalue weighted by atomic mass is 79.9. The molecule has 98 valence electrons. The number of halogens is 2. The number of benzene rings is 2. The smallest absolute Gasteiger partial charge is 0.258 e. The maximum Gasteiger partial charge on any atom is 0.258 e. The summed E-state index contributed by atoms with van der Waals surface area (Å²) >= 11 is 3.05. The Morgan fingerprint density at radius 1 is 1.26 bits per heavy atom. The van der Waals surface area contributed by atoms with Crippen LogP contribution in [-0.4, -0.2) is 13.0 Å². The summed E-state index contributed by atoms with van der Waals surface area (Å²) in [5.41, 5.74) is 0.529. The van der Waals surface area contributed by atoms with Gasteiger partial charge < -0.3 is 10.1 Å². The third-order valence-corrected chi connectivity index (χ3v) is 3.14. The first kappa shape index (κ1) is 13.5. The lowest BCUT2D eigenvalue weighted by Crippen LogP contribution is -2.13. The van der Waals surface area contributed by atoms with Crippen LogP contribution in [-0.2, 0) is 0 Å². The first-order valence-electron chi connectivity index (χ1n) is 5.51. The van der Waals surface area contributed by atoms with Gasteiger partial charge in [0, 0.05) is 11.8 Å². The monoisotopic (exact) mass is 323 g/mol. The number of anilines is 1. The standard InChI is InChI=1S/C14H11BrFNO2/c1-19-10-5-2-4-9(8-10)17-14(18)11-6-3-7-12(15)13(11)16/h2-8H,1H3,(H,17,18). The van der Waals surface area contributed by atoms with E-state index in [1.807, 2.05) is 0 Å². The van der Waals surface area contributed by atoms with Gasteiger partial charge in [-0.05, 0) is 40.2 Å². The van der Waals surface area contributed by atoms with E-state index in [1.165, 1.54) is 19.2 Å². The molecule has 5 heteroatoms. The highest BCUT2D eigenvalue weighted by molar-refractivity contribution is 9.10. The van der Waals surface area contributed by atoms with Crippen LogP contribution in [0, 0.1) is 5.82 Å². The van der Waals surface area contributed by atoms with Crippen LogP contribution < -0.4 is 10.1 Å². The van der Waals surface area contributed by atoms with Crippen LogP contribution in [0.1, 0.15) is 10.4 Å². The van der Waals surface area contributed by atoms with Gasteiger partial charge in [0.25, 0.3) is 5.91 Å². The molecular weight excluding hydrogens is 313 g/mol. The summed E-state index contributed by atoms with van der Waals surface area (Å²) < 4.78 is 19.1. The lowest BCUT2D eigenvalue weighted by atomic mass is 10.2. The predicted octanol–water partition coefficient (Wildman–Crippen LogP) is 3.85. The van der Waals surface area contributed by atoms with E-state index in [0.29, 0.717) is 11.4 Å². The molecule has 1 N–H and O–H groups in total. The Hall–Kier alpha value is -1.88. The lowest BCUT2D eigenvalue weighted by molar-refractivity contribution is 0.102. The van der Waals surface area contributed by atoms with E-state index in [2.05, 4.69) is 21.2 Å². The first-order chi connectivity index (χ1) is 9.11. The van der Waals surface area contributed by atoms with Crippen LogP contribution in [0.15, 0.2) is 46.9 Å². The molecule has 2 aromatic carbocycles. The molecular formula is C14H11BrFNO2. The molecule has 2 rings (SSSR count). The quantitative estimate of drug-likeness (QED) is 0.931. The molecule has 0 spiro atoms. The van der Waals surface area contributed by atoms with Crippen molar-refractivity contribution in [2.45, 2.75) is 0 Å². The van der Waals surface area contributed by atoms with Crippen molar-refractivity contribution in [3.63, 3.8) is 0 Å². The van der Waals surface area contributed by atoms with E-state index < -0.39 is 11.7 Å². The Labute approximate surface area is 118 Å². The van der Waals surface area contributed by atoms with Crippen molar-refractivity contribution in [2.75, 3.05) is 12.4 Å². The molecule has 0 radical (unpaired) electrons. The van der Waals surface area contributed by atoms with Gasteiger partial charge >= 0.3 is 0 Å². The van der Waals surface area contributed by atoms with Gasteiger partial charge in [0.05, 0.1) is 17.1 Å². The molecule has 0 saturated carbocycles. The van der Waals surface area contributed by atoms with Crippen LogP contribution in [0.5, 0.6) is 5.75 Å². The van der Waals surface area contributed by atoms with Gasteiger partial charge in [0.1, 0.15) is 11.6 Å². The molecule has 19 heavy (non-hydrogen) atoms. The summed E-state index contributed by atoms with van der Waals surface area (Å²) in [6.07, 6.45) is 0. The van der Waals surface area contributed by atoms with Crippen LogP contribution in [0.3, 0.4) is 0 Å². The van der Waals surface area contributed by atoms with Crippen LogP contribution in [0.25, 0.3) is 0 Å². The zero-order chi connectivity index (χ0) is 13.8. The Balaban J connectivity index is 2.23. The van der Waals surface area contributed by atoms with Gasteiger partial charge in [0.15, 0.2) is 0 Å². The number of ether oxygens (including phenoxy) is 1. The highest BCUT2D eigenvalue weighted by Gasteiger charge is 2.14. The molecule has 1 amide bonds. The topological polar surface area (TPSA) is 38.3 Å². The molecule has 0 heterocycles. The van der Waals surface area contributed by atoms with Gasteiger partial charge in [-0.25, -0.2) is 4.39 Å². The number of rotatable bonds is 3. The number of nitrogens with one attached hydrogen (secondary N) is 1. The first-order valence-corrected chi connectivity index (χ1v) is 6.30. The molecule has 0 aliphatic heterocycles. The van der Waals surface area contributed by atoms with E-state index in [9.17, 15) is 9.18 Å². The maximum absolute atomic E-state index is 13.8. The van der Waals surface area contributed by atoms with E-state index in [4.69, 9.17) is 4.74 Å². The van der Waals surface area contributed by atoms with E-state index >= 15 is 0 Å². The molecule has 0 aliphatic carbocycles. The Bertz CT molecular complexity index is 616. The summed E-state index contributed by atoms with van der Waals surface area (Å²) in [5.74, 6) is -0.470. The van der Waals surface area contributed by atoms with Gasteiger partial charge in [-0.3, -0.25) is 4.79 Å². The minimum absolute atomic E-state index is 0.0165. The molecule has 2 aromatic rings. The summed E-state index contributed by atoms with van der Waals surface area (Å²) in [6.45, 7) is 0. The Morgan fingerprint density at radius 3 is 2.74 bits per heavy atom. The second kappa shape index (κ2) is 5.84. The summed E-state index contributed by atoms with van der Waals surface area (Å²) in [7, 11) is 1.54. The van der Waals surface area contributed by atoms with Crippen LogP contribution in [0.2, 0.25) is 0 Å². The largest absolute Gasteiger partial charge is 0.497 e. The molecule has 0 aliphatic rings. The fraction of sp³-hybridized carbons (Fsp3) is 0.0714. The number of hydrogen-bond acceptors (Lipinski definition) is 2. The number of carbonyl (C=O) groups is 1. The van der Waals surface area contributed by atoms with Crippen LogP contribution >= 0.6 is 15.9 Å². The molecule has 0 unspecified atom stereocenters. The third-order valence-electron chi connectivity index (χ3n) is 2.52. The fourth-order valence-electron chi connectivity index (χ4n) is 1.58. The number of hydrogen-bond donors (Lipinski definition) is 1. The second-order valence-electron chi connectivity index (χ2n) is 3.79. The third kappa shape index (κ3) is 3.12. The zero-order valence-corrected chi connectivity index (χ0v) is 11.7. The average molecular weight is 324 g/mol. The van der Waals surface area contributed by atoms with Crippen molar-refractivity contribution < 1.29 is 13.9 Å². The zero-order valence-electron chi connectivity index (χ0n) is 10.1. The van der Waals surface area contributed by atoms with Crippen molar-refractivity contribution in [1.29, 1.82) is 0 Å². The van der Waals surface area contributed by atoms with Gasteiger partial charge in [-0.15, -0.1) is 0 Å².